The van der Waals surface area contributed by atoms with Gasteiger partial charge in [-0.05, 0) is 23.3 Å². The molecule has 2 N–H and O–H groups in total. The van der Waals surface area contributed by atoms with Crippen LogP contribution in [0.3, 0.4) is 0 Å². The first-order chi connectivity index (χ1) is 17.5. The molecule has 4 rings (SSSR count). The van der Waals surface area contributed by atoms with Crippen molar-refractivity contribution in [2.24, 2.45) is 0 Å². The molecule has 0 aliphatic rings. The second kappa shape index (κ2) is 11.8. The number of carboxylic acid groups (broad SMARTS) is 2. The minimum atomic E-state index is -1.09. The van der Waals surface area contributed by atoms with E-state index in [9.17, 15) is 19.8 Å². The fourth-order valence-corrected chi connectivity index (χ4v) is 4.85. The summed E-state index contributed by atoms with van der Waals surface area (Å²) in [6, 6.07) is 19.1. The Morgan fingerprint density at radius 1 is 0.639 bits per heavy atom. The molecule has 2 aromatic carbocycles. The van der Waals surface area contributed by atoms with E-state index >= 15 is 0 Å². The number of hydrogen-bond acceptors (Lipinski definition) is 6. The van der Waals surface area contributed by atoms with Gasteiger partial charge in [0.25, 0.3) is 0 Å². The molecule has 2 heterocycles. The van der Waals surface area contributed by atoms with Gasteiger partial charge in [-0.3, -0.25) is 0 Å². The fraction of sp³-hybridized carbons (Fsp3) is 0. The lowest BCUT2D eigenvalue weighted by Gasteiger charge is -1.97. The molecule has 0 amide bonds. The van der Waals surface area contributed by atoms with Crippen molar-refractivity contribution < 1.29 is 19.8 Å². The fourth-order valence-electron chi connectivity index (χ4n) is 3.16. The van der Waals surface area contributed by atoms with E-state index in [1.54, 1.807) is 22.9 Å². The van der Waals surface area contributed by atoms with Crippen LogP contribution in [0.1, 0.15) is 22.5 Å². The Bertz CT molecular complexity index is 1370. The van der Waals surface area contributed by atoms with Gasteiger partial charge in [0, 0.05) is 10.8 Å². The van der Waals surface area contributed by atoms with E-state index in [4.69, 9.17) is 0 Å². The molecule has 6 nitrogen and oxygen atoms in total. The van der Waals surface area contributed by atoms with Crippen molar-refractivity contribution in [1.29, 1.82) is 0 Å². The second-order valence-corrected chi connectivity index (χ2v) is 9.10. The van der Waals surface area contributed by atoms with Crippen LogP contribution in [0.4, 0.5) is 0 Å². The highest BCUT2D eigenvalue weighted by molar-refractivity contribution is 7.19. The zero-order valence-electron chi connectivity index (χ0n) is 18.8. The first kappa shape index (κ1) is 24.7. The van der Waals surface area contributed by atoms with Crippen LogP contribution >= 0.6 is 22.7 Å². The number of aromatic nitrogens is 2. The Labute approximate surface area is 215 Å². The zero-order valence-corrected chi connectivity index (χ0v) is 20.4. The van der Waals surface area contributed by atoms with Gasteiger partial charge >= 0.3 is 11.9 Å². The maximum atomic E-state index is 11.8. The van der Waals surface area contributed by atoms with Crippen LogP contribution in [-0.2, 0) is 9.59 Å². The summed E-state index contributed by atoms with van der Waals surface area (Å²) < 4.78 is 0. The number of rotatable bonds is 9. The summed E-state index contributed by atoms with van der Waals surface area (Å²) >= 11 is 2.51. The van der Waals surface area contributed by atoms with E-state index in [1.807, 2.05) is 72.8 Å². The third kappa shape index (κ3) is 6.38. The smallest absolute Gasteiger partial charge is 0.337 e. The van der Waals surface area contributed by atoms with E-state index < -0.39 is 11.9 Å². The quantitative estimate of drug-likeness (QED) is 0.193. The van der Waals surface area contributed by atoms with E-state index in [1.165, 1.54) is 34.8 Å². The molecule has 0 bridgehead atoms. The standard InChI is InChI=1S/C28H20N2O4S2/c31-27(32)21(15-7-13-19-9-3-1-4-10-19)23-17-35-25(29-23)26-30-24(18-36-26)22(28(33)34)16-8-14-20-11-5-2-6-12-20/h1-18H,(H,31,32)(H,33,34)/b13-7+,14-8+,21-15-,22-16-. The number of carbonyl (C=O) groups is 2. The summed E-state index contributed by atoms with van der Waals surface area (Å²) in [5.74, 6) is -2.18. The average Bonchev–Trinajstić information content (AvgIpc) is 3.55. The van der Waals surface area contributed by atoms with Crippen molar-refractivity contribution in [3.05, 3.63) is 118 Å². The van der Waals surface area contributed by atoms with E-state index in [0.717, 1.165) is 11.1 Å². The summed E-state index contributed by atoms with van der Waals surface area (Å²) in [4.78, 5) is 32.6. The summed E-state index contributed by atoms with van der Waals surface area (Å²) in [5, 5.41) is 23.7. The van der Waals surface area contributed by atoms with E-state index in [2.05, 4.69) is 9.97 Å². The molecule has 0 aliphatic heterocycles. The van der Waals surface area contributed by atoms with E-state index in [0.29, 0.717) is 21.4 Å². The highest BCUT2D eigenvalue weighted by Gasteiger charge is 2.18. The predicted molar refractivity (Wildman–Crippen MR) is 145 cm³/mol. The van der Waals surface area contributed by atoms with Crippen LogP contribution in [0.25, 0.3) is 33.3 Å². The maximum Gasteiger partial charge on any atom is 0.337 e. The van der Waals surface area contributed by atoms with Crippen molar-refractivity contribution in [2.45, 2.75) is 0 Å². The average molecular weight is 513 g/mol. The molecule has 0 fully saturated rings. The number of nitrogens with zero attached hydrogens (tertiary/aromatic N) is 2. The van der Waals surface area contributed by atoms with Gasteiger partial charge < -0.3 is 10.2 Å². The topological polar surface area (TPSA) is 100 Å². The van der Waals surface area contributed by atoms with Gasteiger partial charge in [-0.1, -0.05) is 85.0 Å². The van der Waals surface area contributed by atoms with Crippen LogP contribution in [0.2, 0.25) is 0 Å². The number of hydrogen-bond donors (Lipinski definition) is 2. The largest absolute Gasteiger partial charge is 0.478 e. The number of carboxylic acids is 2. The monoisotopic (exact) mass is 512 g/mol. The van der Waals surface area contributed by atoms with Crippen LogP contribution in [0, 0.1) is 0 Å². The predicted octanol–water partition coefficient (Wildman–Crippen LogP) is 6.63. The van der Waals surface area contributed by atoms with Gasteiger partial charge in [0.05, 0.1) is 22.5 Å². The summed E-state index contributed by atoms with van der Waals surface area (Å²) in [7, 11) is 0. The van der Waals surface area contributed by atoms with Crippen LogP contribution < -0.4 is 0 Å². The van der Waals surface area contributed by atoms with Gasteiger partial charge in [0.15, 0.2) is 10.0 Å². The van der Waals surface area contributed by atoms with Crippen molar-refractivity contribution >= 4 is 57.9 Å². The molecule has 0 saturated heterocycles. The number of allylic oxidation sites excluding steroid dienone is 4. The minimum absolute atomic E-state index is 0.0543. The summed E-state index contributed by atoms with van der Waals surface area (Å²) in [5.41, 5.74) is 2.65. The molecule has 2 aromatic heterocycles. The third-order valence-electron chi connectivity index (χ3n) is 4.91. The SMILES string of the molecule is O=C(O)/C(=C\C=C\c1ccccc1)c1csc(-c2nc(/C(=C/C=C/c3ccccc3)C(=O)O)cs2)n1. The lowest BCUT2D eigenvalue weighted by Crippen LogP contribution is -2.00. The first-order valence-corrected chi connectivity index (χ1v) is 12.5. The first-order valence-electron chi connectivity index (χ1n) is 10.8. The molecule has 0 unspecified atom stereocenters. The highest BCUT2D eigenvalue weighted by Crippen LogP contribution is 2.31. The van der Waals surface area contributed by atoms with Gasteiger partial charge in [-0.15, -0.1) is 22.7 Å². The Balaban J connectivity index is 1.55. The molecule has 0 radical (unpaired) electrons. The van der Waals surface area contributed by atoms with Crippen molar-refractivity contribution in [3.63, 3.8) is 0 Å². The lowest BCUT2D eigenvalue weighted by molar-refractivity contribution is -0.131. The Hall–Kier alpha value is -4.40. The third-order valence-corrected chi connectivity index (χ3v) is 6.73. The molecule has 36 heavy (non-hydrogen) atoms. The molecule has 0 spiro atoms. The van der Waals surface area contributed by atoms with Crippen molar-refractivity contribution in [2.75, 3.05) is 0 Å². The van der Waals surface area contributed by atoms with Gasteiger partial charge in [-0.2, -0.15) is 0 Å². The van der Waals surface area contributed by atoms with Crippen LogP contribution in [0.15, 0.2) is 95.7 Å². The Morgan fingerprint density at radius 3 is 1.39 bits per heavy atom. The summed E-state index contributed by atoms with van der Waals surface area (Å²) in [6.07, 6.45) is 9.99. The van der Waals surface area contributed by atoms with Crippen molar-refractivity contribution in [3.8, 4) is 10.0 Å². The lowest BCUT2D eigenvalue weighted by atomic mass is 10.1. The van der Waals surface area contributed by atoms with Gasteiger partial charge in [0.2, 0.25) is 0 Å². The molecular formula is C28H20N2O4S2. The highest BCUT2D eigenvalue weighted by atomic mass is 32.1. The Kier molecular flexibility index (Phi) is 8.12. The molecule has 8 heteroatoms. The number of benzene rings is 2. The number of aliphatic carboxylic acids is 2. The zero-order chi connectivity index (χ0) is 25.3. The molecule has 0 saturated carbocycles. The normalized spacial score (nSPS) is 12.4. The maximum absolute atomic E-state index is 11.8. The van der Waals surface area contributed by atoms with Gasteiger partial charge in [0.1, 0.15) is 0 Å². The van der Waals surface area contributed by atoms with Gasteiger partial charge in [-0.25, -0.2) is 19.6 Å². The summed E-state index contributed by atoms with van der Waals surface area (Å²) in [6.45, 7) is 0. The molecule has 0 atom stereocenters. The Morgan fingerprint density at radius 2 is 1.03 bits per heavy atom. The molecule has 0 aliphatic carbocycles. The van der Waals surface area contributed by atoms with E-state index in [-0.39, 0.29) is 11.1 Å². The molecule has 4 aromatic rings. The van der Waals surface area contributed by atoms with Crippen molar-refractivity contribution in [1.82, 2.24) is 9.97 Å². The second-order valence-electron chi connectivity index (χ2n) is 7.39. The molecular weight excluding hydrogens is 492 g/mol. The molecule has 178 valence electrons. The minimum Gasteiger partial charge on any atom is -0.478 e. The van der Waals surface area contributed by atoms with Crippen LogP contribution in [-0.4, -0.2) is 32.1 Å². The van der Waals surface area contributed by atoms with Crippen LogP contribution in [0.5, 0.6) is 0 Å². The number of thiazole rings is 2.